The molecular weight excluding hydrogens is 278 g/mol. The molecule has 4 heterocycles. The Balaban J connectivity index is 1.55. The summed E-state index contributed by atoms with van der Waals surface area (Å²) in [7, 11) is 0. The lowest BCUT2D eigenvalue weighted by atomic mass is 10.0. The van der Waals surface area contributed by atoms with Crippen molar-refractivity contribution in [3.8, 4) is 0 Å². The van der Waals surface area contributed by atoms with Gasteiger partial charge in [-0.1, -0.05) is 0 Å². The van der Waals surface area contributed by atoms with Crippen LogP contribution in [0.2, 0.25) is 0 Å². The number of rotatable bonds is 3. The van der Waals surface area contributed by atoms with E-state index in [0.717, 1.165) is 36.8 Å². The second-order valence-electron chi connectivity index (χ2n) is 6.27. The smallest absolute Gasteiger partial charge is 0.178 e. The Labute approximate surface area is 129 Å². The van der Waals surface area contributed by atoms with E-state index in [1.54, 1.807) is 17.0 Å². The predicted molar refractivity (Wildman–Crippen MR) is 84.4 cm³/mol. The van der Waals surface area contributed by atoms with E-state index in [4.69, 9.17) is 0 Å². The third-order valence-corrected chi connectivity index (χ3v) is 4.98. The molecule has 116 valence electrons. The highest BCUT2D eigenvalue weighted by Gasteiger charge is 2.27. The van der Waals surface area contributed by atoms with Gasteiger partial charge in [-0.05, 0) is 44.8 Å². The number of carbonyl (C=O) groups is 1. The Kier molecular flexibility index (Phi) is 3.54. The number of hydrogen-bond donors (Lipinski definition) is 0. The van der Waals surface area contributed by atoms with E-state index >= 15 is 0 Å². The topological polar surface area (TPSA) is 53.7 Å². The first-order chi connectivity index (χ1) is 10.8. The molecule has 0 spiro atoms. The lowest BCUT2D eigenvalue weighted by Gasteiger charge is -2.37. The minimum absolute atomic E-state index is 0.648. The first-order valence-corrected chi connectivity index (χ1v) is 8.13. The van der Waals surface area contributed by atoms with Gasteiger partial charge in [0.25, 0.3) is 0 Å². The summed E-state index contributed by atoms with van der Waals surface area (Å²) in [5, 5.41) is 4.17. The van der Waals surface area contributed by atoms with Gasteiger partial charge < -0.3 is 9.80 Å². The van der Waals surface area contributed by atoms with E-state index in [1.165, 1.54) is 38.8 Å². The van der Waals surface area contributed by atoms with Gasteiger partial charge in [-0.15, -0.1) is 0 Å². The van der Waals surface area contributed by atoms with Gasteiger partial charge in [-0.25, -0.2) is 9.50 Å². The minimum Gasteiger partial charge on any atom is -0.368 e. The zero-order valence-electron chi connectivity index (χ0n) is 12.7. The lowest BCUT2D eigenvalue weighted by Crippen LogP contribution is -2.44. The van der Waals surface area contributed by atoms with E-state index in [0.29, 0.717) is 5.56 Å². The van der Waals surface area contributed by atoms with Gasteiger partial charge in [0.05, 0.1) is 5.69 Å². The molecule has 2 aliphatic heterocycles. The molecule has 0 radical (unpaired) electrons. The van der Waals surface area contributed by atoms with Crippen LogP contribution in [0.25, 0.3) is 5.65 Å². The molecule has 0 aromatic carbocycles. The van der Waals surface area contributed by atoms with Crippen LogP contribution in [0.1, 0.15) is 36.0 Å². The summed E-state index contributed by atoms with van der Waals surface area (Å²) in [5.74, 6) is 0. The molecule has 0 unspecified atom stereocenters. The fourth-order valence-electron chi connectivity index (χ4n) is 3.80. The summed E-state index contributed by atoms with van der Waals surface area (Å²) >= 11 is 0. The van der Waals surface area contributed by atoms with Gasteiger partial charge in [-0.3, -0.25) is 4.79 Å². The Morgan fingerprint density at radius 3 is 2.64 bits per heavy atom. The molecule has 6 heteroatoms. The SMILES string of the molecule is O=Cc1cc(N2CCC(N3CCCC3)CC2)c2ncnn2c1. The van der Waals surface area contributed by atoms with Crippen LogP contribution in [0.3, 0.4) is 0 Å². The number of aromatic nitrogens is 3. The Hall–Kier alpha value is -1.95. The number of pyridine rings is 1. The van der Waals surface area contributed by atoms with Crippen LogP contribution in [-0.2, 0) is 0 Å². The first kappa shape index (κ1) is 13.7. The summed E-state index contributed by atoms with van der Waals surface area (Å²) in [5.41, 5.74) is 2.52. The minimum atomic E-state index is 0.648. The van der Waals surface area contributed by atoms with Crippen LogP contribution in [-0.4, -0.2) is 58.0 Å². The van der Waals surface area contributed by atoms with Crippen LogP contribution in [0.5, 0.6) is 0 Å². The van der Waals surface area contributed by atoms with Crippen LogP contribution in [0, 0.1) is 0 Å². The maximum absolute atomic E-state index is 11.1. The Morgan fingerprint density at radius 1 is 1.14 bits per heavy atom. The van der Waals surface area contributed by atoms with Gasteiger partial charge in [0, 0.05) is 30.9 Å². The Bertz CT molecular complexity index is 668. The molecule has 0 atom stereocenters. The number of anilines is 1. The second kappa shape index (κ2) is 5.68. The van der Waals surface area contributed by atoms with Crippen LogP contribution < -0.4 is 4.90 Å². The molecule has 0 aliphatic carbocycles. The van der Waals surface area contributed by atoms with Crippen molar-refractivity contribution in [2.24, 2.45) is 0 Å². The van der Waals surface area contributed by atoms with Crippen LogP contribution >= 0.6 is 0 Å². The van der Waals surface area contributed by atoms with Gasteiger partial charge in [0.15, 0.2) is 11.9 Å². The number of fused-ring (bicyclic) bond motifs is 1. The molecule has 2 aromatic rings. The van der Waals surface area contributed by atoms with E-state index in [9.17, 15) is 4.79 Å². The third-order valence-electron chi connectivity index (χ3n) is 4.98. The fourth-order valence-corrected chi connectivity index (χ4v) is 3.80. The van der Waals surface area contributed by atoms with Crippen molar-refractivity contribution in [2.45, 2.75) is 31.7 Å². The van der Waals surface area contributed by atoms with Crippen molar-refractivity contribution >= 4 is 17.6 Å². The average molecular weight is 299 g/mol. The van der Waals surface area contributed by atoms with Crippen molar-refractivity contribution in [2.75, 3.05) is 31.1 Å². The predicted octanol–water partition coefficient (Wildman–Crippen LogP) is 1.61. The molecule has 0 amide bonds. The quantitative estimate of drug-likeness (QED) is 0.806. The van der Waals surface area contributed by atoms with Crippen LogP contribution in [0.15, 0.2) is 18.6 Å². The van der Waals surface area contributed by atoms with Crippen molar-refractivity contribution in [3.63, 3.8) is 0 Å². The molecular formula is C16H21N5O. The summed E-state index contributed by atoms with van der Waals surface area (Å²) in [6.07, 6.45) is 9.23. The average Bonchev–Trinajstić information content (AvgIpc) is 3.25. The summed E-state index contributed by atoms with van der Waals surface area (Å²) in [4.78, 5) is 20.5. The molecule has 2 saturated heterocycles. The van der Waals surface area contributed by atoms with Gasteiger partial charge in [-0.2, -0.15) is 5.10 Å². The molecule has 0 bridgehead atoms. The first-order valence-electron chi connectivity index (χ1n) is 8.13. The van der Waals surface area contributed by atoms with E-state index in [2.05, 4.69) is 19.9 Å². The van der Waals surface area contributed by atoms with E-state index < -0.39 is 0 Å². The van der Waals surface area contributed by atoms with Crippen molar-refractivity contribution in [1.29, 1.82) is 0 Å². The third kappa shape index (κ3) is 2.37. The number of carbonyl (C=O) groups excluding carboxylic acids is 1. The number of nitrogens with zero attached hydrogens (tertiary/aromatic N) is 5. The maximum Gasteiger partial charge on any atom is 0.178 e. The van der Waals surface area contributed by atoms with Crippen molar-refractivity contribution in [3.05, 3.63) is 24.2 Å². The zero-order valence-corrected chi connectivity index (χ0v) is 12.7. The molecule has 2 fully saturated rings. The molecule has 0 N–H and O–H groups in total. The normalized spacial score (nSPS) is 20.8. The number of likely N-dealkylation sites (tertiary alicyclic amines) is 1. The standard InChI is InChI=1S/C16H21N5O/c22-11-13-9-15(16-17-12-18-21(16)10-13)20-7-3-14(4-8-20)19-5-1-2-6-19/h9-12,14H,1-8H2. The summed E-state index contributed by atoms with van der Waals surface area (Å²) in [6.45, 7) is 4.57. The van der Waals surface area contributed by atoms with Crippen LogP contribution in [0.4, 0.5) is 5.69 Å². The molecule has 4 rings (SSSR count). The van der Waals surface area contributed by atoms with Crippen molar-refractivity contribution in [1.82, 2.24) is 19.5 Å². The van der Waals surface area contributed by atoms with E-state index in [1.807, 2.05) is 6.07 Å². The fraction of sp³-hybridized carbons (Fsp3) is 0.562. The van der Waals surface area contributed by atoms with Gasteiger partial charge in [0.1, 0.15) is 6.33 Å². The second-order valence-corrected chi connectivity index (χ2v) is 6.27. The number of piperidine rings is 1. The monoisotopic (exact) mass is 299 g/mol. The highest BCUT2D eigenvalue weighted by molar-refractivity contribution is 5.81. The summed E-state index contributed by atoms with van der Waals surface area (Å²) < 4.78 is 1.70. The molecule has 22 heavy (non-hydrogen) atoms. The summed E-state index contributed by atoms with van der Waals surface area (Å²) in [6, 6.07) is 2.66. The molecule has 0 saturated carbocycles. The highest BCUT2D eigenvalue weighted by atomic mass is 16.1. The largest absolute Gasteiger partial charge is 0.368 e. The maximum atomic E-state index is 11.1. The molecule has 2 aromatic heterocycles. The van der Waals surface area contributed by atoms with E-state index in [-0.39, 0.29) is 0 Å². The number of aldehydes is 1. The van der Waals surface area contributed by atoms with Crippen molar-refractivity contribution < 1.29 is 4.79 Å². The lowest BCUT2D eigenvalue weighted by molar-refractivity contribution is 0.112. The zero-order chi connectivity index (χ0) is 14.9. The highest BCUT2D eigenvalue weighted by Crippen LogP contribution is 2.27. The van der Waals surface area contributed by atoms with Gasteiger partial charge in [0.2, 0.25) is 0 Å². The molecule has 6 nitrogen and oxygen atoms in total. The molecule has 2 aliphatic rings. The van der Waals surface area contributed by atoms with Gasteiger partial charge >= 0.3 is 0 Å². The Morgan fingerprint density at radius 2 is 1.91 bits per heavy atom. The number of hydrogen-bond acceptors (Lipinski definition) is 5.